The van der Waals surface area contributed by atoms with Crippen molar-refractivity contribution in [2.45, 2.75) is 58.5 Å². The fourth-order valence-corrected chi connectivity index (χ4v) is 2.56. The van der Waals surface area contributed by atoms with Crippen molar-refractivity contribution in [3.8, 4) is 0 Å². The van der Waals surface area contributed by atoms with Crippen molar-refractivity contribution < 1.29 is 4.79 Å². The molecule has 1 aliphatic rings. The van der Waals surface area contributed by atoms with Crippen LogP contribution in [0.15, 0.2) is 0 Å². The van der Waals surface area contributed by atoms with E-state index in [-0.39, 0.29) is 17.9 Å². The first-order valence-corrected chi connectivity index (χ1v) is 6.47. The molecular formula is C13H26N2O. The Bertz CT molecular complexity index is 240. The van der Waals surface area contributed by atoms with Gasteiger partial charge in [-0.15, -0.1) is 0 Å². The lowest BCUT2D eigenvalue weighted by atomic mass is 9.84. The van der Waals surface area contributed by atoms with Gasteiger partial charge in [-0.25, -0.2) is 0 Å². The van der Waals surface area contributed by atoms with Gasteiger partial charge in [0.1, 0.15) is 0 Å². The van der Waals surface area contributed by atoms with E-state index in [0.717, 1.165) is 6.42 Å². The minimum atomic E-state index is -0.348. The van der Waals surface area contributed by atoms with Crippen molar-refractivity contribution in [2.75, 3.05) is 7.05 Å². The highest BCUT2D eigenvalue weighted by molar-refractivity contribution is 5.82. The fourth-order valence-electron chi connectivity index (χ4n) is 2.56. The van der Waals surface area contributed by atoms with Crippen LogP contribution in [-0.2, 0) is 4.79 Å². The fraction of sp³-hybridized carbons (Fsp3) is 0.923. The van der Waals surface area contributed by atoms with E-state index >= 15 is 0 Å². The number of hydrogen-bond acceptors (Lipinski definition) is 2. The number of rotatable bonds is 3. The molecule has 1 aliphatic carbocycles. The van der Waals surface area contributed by atoms with Gasteiger partial charge in [-0.1, -0.05) is 33.6 Å². The minimum Gasteiger partial charge on any atom is -0.341 e. The summed E-state index contributed by atoms with van der Waals surface area (Å²) in [6, 6.07) is 0.0465. The lowest BCUT2D eigenvalue weighted by Gasteiger charge is -2.37. The maximum Gasteiger partial charge on any atom is 0.239 e. The first-order chi connectivity index (χ1) is 7.45. The number of amides is 1. The second-order valence-corrected chi connectivity index (χ2v) is 5.55. The standard InChI is InChI=1S/C13H26N2O/c1-9(2)12(14)13(16)15(4)11-8-6-5-7-10(11)3/h9-12H,5-8,14H2,1-4H3/t10?,11?,12-/m1/s1. The van der Waals surface area contributed by atoms with E-state index in [1.807, 2.05) is 25.8 Å². The molecule has 16 heavy (non-hydrogen) atoms. The van der Waals surface area contributed by atoms with Crippen molar-refractivity contribution in [1.82, 2.24) is 4.90 Å². The smallest absolute Gasteiger partial charge is 0.239 e. The molecule has 0 aromatic carbocycles. The molecule has 0 spiro atoms. The number of nitrogens with zero attached hydrogens (tertiary/aromatic N) is 1. The lowest BCUT2D eigenvalue weighted by molar-refractivity contribution is -0.136. The van der Waals surface area contributed by atoms with E-state index in [4.69, 9.17) is 5.73 Å². The molecule has 0 radical (unpaired) electrons. The van der Waals surface area contributed by atoms with Gasteiger partial charge in [0.15, 0.2) is 0 Å². The quantitative estimate of drug-likeness (QED) is 0.800. The average molecular weight is 226 g/mol. The van der Waals surface area contributed by atoms with E-state index in [1.54, 1.807) is 0 Å². The number of hydrogen-bond donors (Lipinski definition) is 1. The van der Waals surface area contributed by atoms with Gasteiger partial charge in [-0.3, -0.25) is 4.79 Å². The number of carbonyl (C=O) groups is 1. The predicted octanol–water partition coefficient (Wildman–Crippen LogP) is 2.01. The van der Waals surface area contributed by atoms with Crippen molar-refractivity contribution in [3.63, 3.8) is 0 Å². The highest BCUT2D eigenvalue weighted by Gasteiger charge is 2.30. The number of likely N-dealkylation sites (N-methyl/N-ethyl adjacent to an activating group) is 1. The van der Waals surface area contributed by atoms with Crippen LogP contribution in [0.2, 0.25) is 0 Å². The van der Waals surface area contributed by atoms with Crippen LogP contribution in [0.3, 0.4) is 0 Å². The molecule has 3 heteroatoms. The van der Waals surface area contributed by atoms with Gasteiger partial charge >= 0.3 is 0 Å². The zero-order valence-electron chi connectivity index (χ0n) is 11.1. The van der Waals surface area contributed by atoms with Gasteiger partial charge in [0, 0.05) is 13.1 Å². The molecule has 3 atom stereocenters. The summed E-state index contributed by atoms with van der Waals surface area (Å²) in [5, 5.41) is 0. The van der Waals surface area contributed by atoms with E-state index < -0.39 is 0 Å². The molecule has 0 bridgehead atoms. The highest BCUT2D eigenvalue weighted by Crippen LogP contribution is 2.27. The topological polar surface area (TPSA) is 46.3 Å². The molecule has 3 nitrogen and oxygen atoms in total. The molecule has 1 rings (SSSR count). The maximum atomic E-state index is 12.1. The second kappa shape index (κ2) is 5.67. The Morgan fingerprint density at radius 1 is 1.31 bits per heavy atom. The van der Waals surface area contributed by atoms with Crippen molar-refractivity contribution in [3.05, 3.63) is 0 Å². The molecule has 1 saturated carbocycles. The van der Waals surface area contributed by atoms with Crippen LogP contribution in [0.5, 0.6) is 0 Å². The van der Waals surface area contributed by atoms with Gasteiger partial charge in [0.2, 0.25) is 5.91 Å². The first-order valence-electron chi connectivity index (χ1n) is 6.47. The van der Waals surface area contributed by atoms with Gasteiger partial charge in [-0.2, -0.15) is 0 Å². The first kappa shape index (κ1) is 13.5. The molecule has 1 amide bonds. The summed E-state index contributed by atoms with van der Waals surface area (Å²) < 4.78 is 0. The summed E-state index contributed by atoms with van der Waals surface area (Å²) in [5.74, 6) is 0.935. The van der Waals surface area contributed by atoms with E-state index in [1.165, 1.54) is 19.3 Å². The summed E-state index contributed by atoms with van der Waals surface area (Å²) in [4.78, 5) is 14.0. The van der Waals surface area contributed by atoms with E-state index in [9.17, 15) is 4.79 Å². The molecule has 2 unspecified atom stereocenters. The SMILES string of the molecule is CC1CCCCC1N(C)C(=O)[C@H](N)C(C)C. The third-order valence-corrected chi connectivity index (χ3v) is 3.91. The zero-order chi connectivity index (χ0) is 12.3. The third-order valence-electron chi connectivity index (χ3n) is 3.91. The van der Waals surface area contributed by atoms with Gasteiger partial charge in [0.05, 0.1) is 6.04 Å². The van der Waals surface area contributed by atoms with Crippen LogP contribution in [0.25, 0.3) is 0 Å². The van der Waals surface area contributed by atoms with Gasteiger partial charge < -0.3 is 10.6 Å². The summed E-state index contributed by atoms with van der Waals surface area (Å²) in [5.41, 5.74) is 5.92. The highest BCUT2D eigenvalue weighted by atomic mass is 16.2. The van der Waals surface area contributed by atoms with Crippen molar-refractivity contribution >= 4 is 5.91 Å². The molecule has 1 fully saturated rings. The van der Waals surface area contributed by atoms with Crippen LogP contribution in [0, 0.1) is 11.8 Å². The van der Waals surface area contributed by atoms with Crippen LogP contribution in [0.1, 0.15) is 46.5 Å². The largest absolute Gasteiger partial charge is 0.341 e. The summed E-state index contributed by atoms with van der Waals surface area (Å²) in [6.45, 7) is 6.25. The van der Waals surface area contributed by atoms with Crippen LogP contribution < -0.4 is 5.73 Å². The monoisotopic (exact) mass is 226 g/mol. The van der Waals surface area contributed by atoms with Crippen LogP contribution in [-0.4, -0.2) is 29.9 Å². The van der Waals surface area contributed by atoms with E-state index in [0.29, 0.717) is 12.0 Å². The normalized spacial score (nSPS) is 27.9. The molecule has 0 aliphatic heterocycles. The number of carbonyl (C=O) groups excluding carboxylic acids is 1. The molecule has 0 saturated heterocycles. The molecule has 0 aromatic heterocycles. The Labute approximate surface area is 99.4 Å². The summed E-state index contributed by atoms with van der Waals surface area (Å²) >= 11 is 0. The lowest BCUT2D eigenvalue weighted by Crippen LogP contribution is -2.51. The Morgan fingerprint density at radius 3 is 2.38 bits per heavy atom. The molecular weight excluding hydrogens is 200 g/mol. The maximum absolute atomic E-state index is 12.1. The van der Waals surface area contributed by atoms with Crippen LogP contribution >= 0.6 is 0 Å². The van der Waals surface area contributed by atoms with Crippen molar-refractivity contribution in [2.24, 2.45) is 17.6 Å². The third kappa shape index (κ3) is 2.97. The Hall–Kier alpha value is -0.570. The Kier molecular flexibility index (Phi) is 4.78. The number of nitrogens with two attached hydrogens (primary N) is 1. The van der Waals surface area contributed by atoms with Gasteiger partial charge in [-0.05, 0) is 24.7 Å². The summed E-state index contributed by atoms with van der Waals surface area (Å²) in [6.07, 6.45) is 4.91. The molecule has 2 N–H and O–H groups in total. The Morgan fingerprint density at radius 2 is 1.88 bits per heavy atom. The van der Waals surface area contributed by atoms with E-state index in [2.05, 4.69) is 6.92 Å². The summed E-state index contributed by atoms with van der Waals surface area (Å²) in [7, 11) is 1.91. The molecule has 94 valence electrons. The molecule has 0 heterocycles. The minimum absolute atomic E-state index is 0.105. The average Bonchev–Trinajstić information content (AvgIpc) is 2.26. The van der Waals surface area contributed by atoms with Crippen LogP contribution in [0.4, 0.5) is 0 Å². The zero-order valence-corrected chi connectivity index (χ0v) is 11.1. The van der Waals surface area contributed by atoms with Gasteiger partial charge in [0.25, 0.3) is 0 Å². The molecule has 0 aromatic rings. The Balaban J connectivity index is 2.61. The second-order valence-electron chi connectivity index (χ2n) is 5.55. The predicted molar refractivity (Wildman–Crippen MR) is 67.0 cm³/mol. The van der Waals surface area contributed by atoms with Crippen molar-refractivity contribution in [1.29, 1.82) is 0 Å².